The van der Waals surface area contributed by atoms with E-state index in [-0.39, 0.29) is 17.6 Å². The van der Waals surface area contributed by atoms with E-state index in [0.717, 1.165) is 62.9 Å². The second-order valence-corrected chi connectivity index (χ2v) is 9.34. The summed E-state index contributed by atoms with van der Waals surface area (Å²) in [6.07, 6.45) is 3.95. The van der Waals surface area contributed by atoms with Crippen molar-refractivity contribution in [2.45, 2.75) is 37.8 Å². The van der Waals surface area contributed by atoms with Crippen molar-refractivity contribution in [1.29, 1.82) is 0 Å². The zero-order valence-electron chi connectivity index (χ0n) is 17.8. The Morgan fingerprint density at radius 3 is 2.48 bits per heavy atom. The molecule has 3 aromatic rings. The summed E-state index contributed by atoms with van der Waals surface area (Å²) in [6.45, 7) is 3.56. The number of carbonyl (C=O) groups excluding carboxylic acids is 1. The number of amides is 1. The van der Waals surface area contributed by atoms with Crippen molar-refractivity contribution >= 4 is 28.3 Å². The normalized spacial score (nSPS) is 19.2. The lowest BCUT2D eigenvalue weighted by molar-refractivity contribution is 0.0559. The van der Waals surface area contributed by atoms with E-state index in [1.54, 1.807) is 7.11 Å². The molecule has 2 saturated heterocycles. The number of aromatic nitrogens is 2. The number of benzene rings is 1. The first kappa shape index (κ1) is 20.3. The summed E-state index contributed by atoms with van der Waals surface area (Å²) >= 11 is 1.45. The third-order valence-corrected chi connectivity index (χ3v) is 7.68. The van der Waals surface area contributed by atoms with E-state index in [2.05, 4.69) is 9.88 Å². The number of hydrogen-bond acceptors (Lipinski definition) is 5. The van der Waals surface area contributed by atoms with Crippen molar-refractivity contribution in [2.24, 2.45) is 0 Å². The molecule has 4 heterocycles. The van der Waals surface area contributed by atoms with Crippen molar-refractivity contribution in [3.63, 3.8) is 0 Å². The van der Waals surface area contributed by atoms with Crippen molar-refractivity contribution in [1.82, 2.24) is 19.4 Å². The fraction of sp³-hybridized carbons (Fsp3) is 0.478. The van der Waals surface area contributed by atoms with Gasteiger partial charge in [0, 0.05) is 38.3 Å². The lowest BCUT2D eigenvalue weighted by Crippen LogP contribution is -2.49. The molecule has 0 unspecified atom stereocenters. The van der Waals surface area contributed by atoms with Gasteiger partial charge >= 0.3 is 5.69 Å². The average Bonchev–Trinajstić information content (AvgIpc) is 3.42. The summed E-state index contributed by atoms with van der Waals surface area (Å²) in [6, 6.07) is 10.5. The predicted octanol–water partition coefficient (Wildman–Crippen LogP) is 3.34. The molecule has 31 heavy (non-hydrogen) atoms. The smallest absolute Gasteiger partial charge is 0.326 e. The zero-order chi connectivity index (χ0) is 21.4. The number of methoxy groups -OCH3 is 1. The third kappa shape index (κ3) is 3.78. The fourth-order valence-corrected chi connectivity index (χ4v) is 5.96. The molecule has 0 saturated carbocycles. The van der Waals surface area contributed by atoms with E-state index in [4.69, 9.17) is 4.74 Å². The number of carbonyl (C=O) groups is 1. The molecule has 1 aromatic carbocycles. The van der Waals surface area contributed by atoms with Crippen molar-refractivity contribution < 1.29 is 9.53 Å². The monoisotopic (exact) mass is 440 g/mol. The molecule has 2 aromatic heterocycles. The molecule has 5 rings (SSSR count). The molecule has 2 fully saturated rings. The van der Waals surface area contributed by atoms with Gasteiger partial charge in [0.15, 0.2) is 0 Å². The van der Waals surface area contributed by atoms with Gasteiger partial charge in [-0.3, -0.25) is 9.36 Å². The van der Waals surface area contributed by atoms with Crippen LogP contribution in [0.2, 0.25) is 0 Å². The molecule has 0 aliphatic carbocycles. The summed E-state index contributed by atoms with van der Waals surface area (Å²) in [5, 5.41) is 1.90. The molecular formula is C23H28N4O3S. The lowest BCUT2D eigenvalue weighted by atomic mass is 9.97. The Morgan fingerprint density at radius 1 is 1.03 bits per heavy atom. The van der Waals surface area contributed by atoms with Crippen molar-refractivity contribution in [2.75, 3.05) is 33.3 Å². The molecule has 0 spiro atoms. The van der Waals surface area contributed by atoms with Crippen LogP contribution in [0.5, 0.6) is 5.75 Å². The molecule has 8 heteroatoms. The first-order chi connectivity index (χ1) is 15.2. The highest BCUT2D eigenvalue weighted by Crippen LogP contribution is 2.30. The average molecular weight is 441 g/mol. The first-order valence-electron chi connectivity index (χ1n) is 11.0. The van der Waals surface area contributed by atoms with Gasteiger partial charge in [0.25, 0.3) is 5.91 Å². The first-order valence-corrected chi connectivity index (χ1v) is 11.9. The Hall–Kier alpha value is -2.58. The highest BCUT2D eigenvalue weighted by Gasteiger charge is 2.32. The third-order valence-electron chi connectivity index (χ3n) is 6.80. The van der Waals surface area contributed by atoms with Crippen LogP contribution in [0.3, 0.4) is 0 Å². The number of thiophene rings is 1. The van der Waals surface area contributed by atoms with Crippen LogP contribution in [0.4, 0.5) is 0 Å². The lowest BCUT2D eigenvalue weighted by Gasteiger charge is -2.42. The minimum absolute atomic E-state index is 0.00419. The summed E-state index contributed by atoms with van der Waals surface area (Å²) in [5.74, 6) is 0.759. The van der Waals surface area contributed by atoms with E-state index in [1.807, 2.05) is 45.2 Å². The van der Waals surface area contributed by atoms with E-state index in [0.29, 0.717) is 16.7 Å². The Bertz CT molecular complexity index is 1120. The molecule has 1 N–H and O–H groups in total. The molecule has 0 bridgehead atoms. The molecule has 0 atom stereocenters. The van der Waals surface area contributed by atoms with Gasteiger partial charge in [-0.2, -0.15) is 0 Å². The number of nitrogens with one attached hydrogen (secondary N) is 1. The predicted molar refractivity (Wildman–Crippen MR) is 122 cm³/mol. The van der Waals surface area contributed by atoms with Crippen molar-refractivity contribution in [3.05, 3.63) is 51.1 Å². The highest BCUT2D eigenvalue weighted by atomic mass is 32.1. The number of fused-ring (bicyclic) bond motifs is 1. The minimum Gasteiger partial charge on any atom is -0.495 e. The number of hydrogen-bond donors (Lipinski definition) is 1. The summed E-state index contributed by atoms with van der Waals surface area (Å²) < 4.78 is 7.26. The number of imidazole rings is 1. The summed E-state index contributed by atoms with van der Waals surface area (Å²) in [7, 11) is 1.61. The zero-order valence-corrected chi connectivity index (χ0v) is 18.6. The molecule has 7 nitrogen and oxygen atoms in total. The van der Waals surface area contributed by atoms with E-state index >= 15 is 0 Å². The van der Waals surface area contributed by atoms with Crippen LogP contribution in [-0.4, -0.2) is 64.6 Å². The standard InChI is InChI=1S/C23H28N4O3S/c1-30-20-10-15-31-21(20)22(28)26-13-6-16(7-14-26)25-11-8-17(9-12-25)27-19-5-3-2-4-18(19)24-23(27)29/h2-5,10,15-17H,6-9,11-14H2,1H3,(H,24,29). The number of rotatable bonds is 4. The van der Waals surface area contributed by atoms with Crippen LogP contribution in [-0.2, 0) is 0 Å². The van der Waals surface area contributed by atoms with Crippen LogP contribution in [0.15, 0.2) is 40.5 Å². The second-order valence-electron chi connectivity index (χ2n) is 8.43. The maximum absolute atomic E-state index is 12.8. The summed E-state index contributed by atoms with van der Waals surface area (Å²) in [5.41, 5.74) is 1.91. The van der Waals surface area contributed by atoms with Crippen LogP contribution in [0.25, 0.3) is 11.0 Å². The topological polar surface area (TPSA) is 70.6 Å². The maximum Gasteiger partial charge on any atom is 0.326 e. The van der Waals surface area contributed by atoms with Gasteiger partial charge < -0.3 is 19.5 Å². The number of para-hydroxylation sites is 2. The van der Waals surface area contributed by atoms with E-state index < -0.39 is 0 Å². The largest absolute Gasteiger partial charge is 0.495 e. The van der Waals surface area contributed by atoms with Gasteiger partial charge in [-0.15, -0.1) is 11.3 Å². The minimum atomic E-state index is -0.00419. The Balaban J connectivity index is 1.18. The molecular weight excluding hydrogens is 412 g/mol. The molecule has 164 valence electrons. The van der Waals surface area contributed by atoms with Crippen molar-refractivity contribution in [3.8, 4) is 5.75 Å². The van der Waals surface area contributed by atoms with Gasteiger partial charge in [0.05, 0.1) is 18.1 Å². The van der Waals surface area contributed by atoms with Gasteiger partial charge in [0.1, 0.15) is 10.6 Å². The number of nitrogens with zero attached hydrogens (tertiary/aromatic N) is 3. The Labute approximate surface area is 185 Å². The summed E-state index contributed by atoms with van der Waals surface area (Å²) in [4.78, 5) is 33.6. The molecule has 1 amide bonds. The second kappa shape index (κ2) is 8.51. The molecule has 0 radical (unpaired) electrons. The highest BCUT2D eigenvalue weighted by molar-refractivity contribution is 7.12. The quantitative estimate of drug-likeness (QED) is 0.676. The number of aromatic amines is 1. The van der Waals surface area contributed by atoms with Crippen LogP contribution in [0.1, 0.15) is 41.4 Å². The molecule has 2 aliphatic heterocycles. The van der Waals surface area contributed by atoms with Gasteiger partial charge in [0.2, 0.25) is 0 Å². The van der Waals surface area contributed by atoms with Crippen LogP contribution >= 0.6 is 11.3 Å². The SMILES string of the molecule is COc1ccsc1C(=O)N1CCC(N2CCC(n3c(=O)[nH]c4ccccc43)CC2)CC1. The Morgan fingerprint density at radius 2 is 1.74 bits per heavy atom. The van der Waals surface area contributed by atoms with E-state index in [1.165, 1.54) is 11.3 Å². The van der Waals surface area contributed by atoms with E-state index in [9.17, 15) is 9.59 Å². The van der Waals surface area contributed by atoms with Crippen LogP contribution < -0.4 is 10.4 Å². The van der Waals surface area contributed by atoms with Gasteiger partial charge in [-0.1, -0.05) is 12.1 Å². The molecule has 2 aliphatic rings. The van der Waals surface area contributed by atoms with Gasteiger partial charge in [-0.05, 0) is 49.3 Å². The van der Waals surface area contributed by atoms with Crippen LogP contribution in [0, 0.1) is 0 Å². The fourth-order valence-electron chi connectivity index (χ4n) is 5.14. The maximum atomic E-state index is 12.8. The number of likely N-dealkylation sites (tertiary alicyclic amines) is 2. The Kier molecular flexibility index (Phi) is 5.58. The van der Waals surface area contributed by atoms with Gasteiger partial charge in [-0.25, -0.2) is 4.79 Å². The number of H-pyrrole nitrogens is 1. The number of ether oxygens (including phenoxy) is 1. The number of piperidine rings is 2.